The lowest BCUT2D eigenvalue weighted by Gasteiger charge is -2.29. The second-order valence-electron chi connectivity index (χ2n) is 9.15. The molecule has 190 valence electrons. The molecule has 0 spiro atoms. The van der Waals surface area contributed by atoms with Crippen LogP contribution in [0.5, 0.6) is 0 Å². The number of nitro groups is 1. The van der Waals surface area contributed by atoms with Crippen molar-refractivity contribution in [2.24, 2.45) is 10.3 Å². The van der Waals surface area contributed by atoms with E-state index in [0.717, 1.165) is 24.3 Å². The van der Waals surface area contributed by atoms with Crippen LogP contribution in [0.2, 0.25) is 0 Å². The number of rotatable bonds is 8. The van der Waals surface area contributed by atoms with E-state index in [1.807, 2.05) is 6.07 Å². The second kappa shape index (κ2) is 11.3. The molecule has 35 heavy (non-hydrogen) atoms. The molecule has 0 aromatic heterocycles. The first-order valence-corrected chi connectivity index (χ1v) is 12.4. The minimum Gasteiger partial charge on any atom is -0.477 e. The second-order valence-corrected chi connectivity index (χ2v) is 10.7. The maximum Gasteiger partial charge on any atom is 0.408 e. The Morgan fingerprint density at radius 2 is 1.60 bits per heavy atom. The molecule has 1 N–H and O–H groups in total. The SMILES string of the molecule is CC(C)O/C(=N/S(=O)(=O)c1ccc([N+](=O)[O-])cc1)[C@@H](C)[C@H](NC(=O)OC(C)(C)C)c1ccccc1. The molecular weight excluding hydrogens is 474 g/mol. The molecule has 1 amide bonds. The van der Waals surface area contributed by atoms with Crippen LogP contribution in [0.4, 0.5) is 10.5 Å². The molecule has 2 rings (SSSR count). The van der Waals surface area contributed by atoms with E-state index in [1.165, 1.54) is 0 Å². The van der Waals surface area contributed by atoms with E-state index < -0.39 is 44.7 Å². The first-order chi connectivity index (χ1) is 16.2. The minimum atomic E-state index is -4.27. The lowest BCUT2D eigenvalue weighted by Crippen LogP contribution is -2.40. The average molecular weight is 506 g/mol. The number of non-ortho nitro benzene ring substituents is 1. The molecule has 0 bridgehead atoms. The van der Waals surface area contributed by atoms with Gasteiger partial charge in [-0.2, -0.15) is 8.42 Å². The van der Waals surface area contributed by atoms with E-state index in [1.54, 1.807) is 65.8 Å². The number of hydrogen-bond donors (Lipinski definition) is 1. The van der Waals surface area contributed by atoms with E-state index in [4.69, 9.17) is 9.47 Å². The van der Waals surface area contributed by atoms with Crippen molar-refractivity contribution in [1.82, 2.24) is 5.32 Å². The maximum absolute atomic E-state index is 13.0. The van der Waals surface area contributed by atoms with E-state index >= 15 is 0 Å². The summed E-state index contributed by atoms with van der Waals surface area (Å²) in [5.74, 6) is -0.844. The third kappa shape index (κ3) is 8.36. The van der Waals surface area contributed by atoms with Crippen LogP contribution in [-0.2, 0) is 19.5 Å². The van der Waals surface area contributed by atoms with Gasteiger partial charge < -0.3 is 14.8 Å². The van der Waals surface area contributed by atoms with Crippen molar-refractivity contribution in [3.63, 3.8) is 0 Å². The van der Waals surface area contributed by atoms with Gasteiger partial charge in [-0.15, -0.1) is 4.40 Å². The molecule has 0 aliphatic rings. The van der Waals surface area contributed by atoms with Gasteiger partial charge in [0.05, 0.1) is 27.9 Å². The summed E-state index contributed by atoms with van der Waals surface area (Å²) in [6.07, 6.45) is -1.10. The number of alkyl carbamates (subject to hydrolysis) is 1. The highest BCUT2D eigenvalue weighted by molar-refractivity contribution is 7.90. The number of ether oxygens (including phenoxy) is 2. The Kier molecular flexibility index (Phi) is 8.97. The maximum atomic E-state index is 13.0. The summed E-state index contributed by atoms with van der Waals surface area (Å²) in [5, 5.41) is 13.7. The molecule has 2 aromatic rings. The largest absolute Gasteiger partial charge is 0.477 e. The van der Waals surface area contributed by atoms with Crippen molar-refractivity contribution in [1.29, 1.82) is 0 Å². The lowest BCUT2D eigenvalue weighted by atomic mass is 9.94. The van der Waals surface area contributed by atoms with E-state index in [0.29, 0.717) is 5.56 Å². The molecule has 0 aliphatic carbocycles. The Labute approximate surface area is 205 Å². The van der Waals surface area contributed by atoms with Crippen molar-refractivity contribution >= 4 is 27.7 Å². The van der Waals surface area contributed by atoms with Crippen LogP contribution >= 0.6 is 0 Å². The van der Waals surface area contributed by atoms with Crippen LogP contribution in [-0.4, -0.2) is 37.0 Å². The summed E-state index contributed by atoms with van der Waals surface area (Å²) in [7, 11) is -4.27. The number of nitrogens with zero attached hydrogens (tertiary/aromatic N) is 2. The number of nitro benzene ring substituents is 1. The molecule has 10 nitrogen and oxygen atoms in total. The number of carbonyl (C=O) groups is 1. The Morgan fingerprint density at radius 3 is 2.09 bits per heavy atom. The highest BCUT2D eigenvalue weighted by Crippen LogP contribution is 2.27. The van der Waals surface area contributed by atoms with E-state index in [9.17, 15) is 23.3 Å². The van der Waals surface area contributed by atoms with Crippen LogP contribution in [0.3, 0.4) is 0 Å². The van der Waals surface area contributed by atoms with Gasteiger partial charge in [-0.3, -0.25) is 10.1 Å². The van der Waals surface area contributed by atoms with Gasteiger partial charge in [0.15, 0.2) is 0 Å². The van der Waals surface area contributed by atoms with Gasteiger partial charge in [0.1, 0.15) is 5.60 Å². The zero-order chi connectivity index (χ0) is 26.4. The third-order valence-corrected chi connectivity index (χ3v) is 5.92. The molecule has 0 saturated heterocycles. The van der Waals surface area contributed by atoms with Crippen LogP contribution in [0.15, 0.2) is 63.9 Å². The molecule has 0 heterocycles. The molecule has 0 fully saturated rings. The zero-order valence-corrected chi connectivity index (χ0v) is 21.4. The van der Waals surface area contributed by atoms with Gasteiger partial charge in [-0.25, -0.2) is 4.79 Å². The summed E-state index contributed by atoms with van der Waals surface area (Å²) >= 11 is 0. The Morgan fingerprint density at radius 1 is 1.03 bits per heavy atom. The van der Waals surface area contributed by atoms with E-state index in [2.05, 4.69) is 9.71 Å². The molecule has 2 aromatic carbocycles. The number of nitrogens with one attached hydrogen (secondary N) is 1. The summed E-state index contributed by atoms with van der Waals surface area (Å²) in [6, 6.07) is 12.7. The molecule has 0 aliphatic heterocycles. The third-order valence-electron chi connectivity index (χ3n) is 4.63. The van der Waals surface area contributed by atoms with Crippen molar-refractivity contribution in [3.8, 4) is 0 Å². The number of sulfonamides is 1. The fourth-order valence-electron chi connectivity index (χ4n) is 3.10. The number of carbonyl (C=O) groups excluding carboxylic acids is 1. The van der Waals surface area contributed by atoms with Gasteiger partial charge in [0, 0.05) is 12.1 Å². The van der Waals surface area contributed by atoms with Crippen LogP contribution in [0.1, 0.15) is 53.1 Å². The molecule has 2 atom stereocenters. The van der Waals surface area contributed by atoms with Crippen LogP contribution in [0, 0.1) is 16.0 Å². The fraction of sp³-hybridized carbons (Fsp3) is 0.417. The molecule has 0 unspecified atom stereocenters. The smallest absolute Gasteiger partial charge is 0.408 e. The van der Waals surface area contributed by atoms with Gasteiger partial charge >= 0.3 is 6.09 Å². The molecular formula is C24H31N3O7S. The normalized spacial score (nSPS) is 14.2. The van der Waals surface area contributed by atoms with Crippen LogP contribution in [0.25, 0.3) is 0 Å². The van der Waals surface area contributed by atoms with Crippen molar-refractivity contribution in [3.05, 3.63) is 70.3 Å². The summed E-state index contributed by atoms with van der Waals surface area (Å²) in [5.41, 5.74) is -0.289. The quantitative estimate of drug-likeness (QED) is 0.230. The molecule has 0 radical (unpaired) electrons. The zero-order valence-electron chi connectivity index (χ0n) is 20.6. The fourth-order valence-corrected chi connectivity index (χ4v) is 4.13. The van der Waals surface area contributed by atoms with Crippen LogP contribution < -0.4 is 5.32 Å². The number of amides is 1. The number of benzene rings is 2. The summed E-state index contributed by atoms with van der Waals surface area (Å²) in [6.45, 7) is 10.3. The Bertz CT molecular complexity index is 1160. The first-order valence-electron chi connectivity index (χ1n) is 11.0. The van der Waals surface area contributed by atoms with Gasteiger partial charge in [-0.05, 0) is 52.3 Å². The van der Waals surface area contributed by atoms with E-state index in [-0.39, 0.29) is 16.5 Å². The van der Waals surface area contributed by atoms with Crippen molar-refractivity contribution in [2.75, 3.05) is 0 Å². The Balaban J connectivity index is 2.50. The lowest BCUT2D eigenvalue weighted by molar-refractivity contribution is -0.384. The van der Waals surface area contributed by atoms with Gasteiger partial charge in [0.25, 0.3) is 15.7 Å². The predicted octanol–water partition coefficient (Wildman–Crippen LogP) is 5.01. The molecule has 0 saturated carbocycles. The molecule has 11 heteroatoms. The highest BCUT2D eigenvalue weighted by Gasteiger charge is 2.31. The topological polar surface area (TPSA) is 137 Å². The summed E-state index contributed by atoms with van der Waals surface area (Å²) < 4.78 is 41.2. The monoisotopic (exact) mass is 505 g/mol. The minimum absolute atomic E-state index is 0.122. The number of hydrogen-bond acceptors (Lipinski definition) is 7. The van der Waals surface area contributed by atoms with Gasteiger partial charge in [0.2, 0.25) is 5.90 Å². The van der Waals surface area contributed by atoms with Crippen molar-refractivity contribution in [2.45, 2.75) is 64.2 Å². The summed E-state index contributed by atoms with van der Waals surface area (Å²) in [4.78, 5) is 22.6. The Hall–Kier alpha value is -3.47. The predicted molar refractivity (Wildman–Crippen MR) is 132 cm³/mol. The van der Waals surface area contributed by atoms with Gasteiger partial charge in [-0.1, -0.05) is 37.3 Å². The highest BCUT2D eigenvalue weighted by atomic mass is 32.2. The standard InChI is InChI=1S/C24H31N3O7S/c1-16(2)33-22(26-35(31,32)20-14-12-19(13-15-20)27(29)30)17(3)21(18-10-8-7-9-11-18)25-23(28)34-24(4,5)6/h7-17,21H,1-6H3,(H,25,28)/b26-22+/t17-,21-/m0/s1. The van der Waals surface area contributed by atoms with Crippen molar-refractivity contribution < 1.29 is 27.6 Å². The first kappa shape index (κ1) is 27.8. The average Bonchev–Trinajstić information content (AvgIpc) is 2.75.